The van der Waals surface area contributed by atoms with E-state index in [1.165, 1.54) is 13.2 Å². The fourth-order valence-corrected chi connectivity index (χ4v) is 1.20. The average molecular weight is 208 g/mol. The molecule has 1 rings (SSSR count). The molecule has 0 unspecified atom stereocenters. The Balaban J connectivity index is 2.49. The molecule has 0 saturated heterocycles. The summed E-state index contributed by atoms with van der Waals surface area (Å²) >= 11 is 0. The summed E-state index contributed by atoms with van der Waals surface area (Å²) in [6.07, 6.45) is 0.457. The van der Waals surface area contributed by atoms with E-state index in [1.54, 1.807) is 12.1 Å². The number of halogens is 1. The molecule has 0 bridgehead atoms. The van der Waals surface area contributed by atoms with E-state index in [0.29, 0.717) is 19.5 Å². The van der Waals surface area contributed by atoms with Crippen molar-refractivity contribution in [1.29, 1.82) is 5.26 Å². The number of hydrogen-bond donors (Lipinski definition) is 1. The lowest BCUT2D eigenvalue weighted by atomic mass is 10.2. The minimum atomic E-state index is -0.364. The molecule has 0 aliphatic carbocycles. The Morgan fingerprint density at radius 1 is 1.53 bits per heavy atom. The second-order valence-electron chi connectivity index (χ2n) is 3.05. The van der Waals surface area contributed by atoms with Crippen LogP contribution < -0.4 is 10.1 Å². The number of hydrogen-bond acceptors (Lipinski definition) is 3. The number of rotatable bonds is 5. The molecule has 1 N–H and O–H groups in total. The summed E-state index contributed by atoms with van der Waals surface area (Å²) in [6.45, 7) is 1.17. The third-order valence-corrected chi connectivity index (χ3v) is 1.96. The van der Waals surface area contributed by atoms with E-state index in [-0.39, 0.29) is 11.6 Å². The third-order valence-electron chi connectivity index (χ3n) is 1.96. The van der Waals surface area contributed by atoms with Gasteiger partial charge in [-0.25, -0.2) is 4.39 Å². The lowest BCUT2D eigenvalue weighted by Crippen LogP contribution is -2.14. The van der Waals surface area contributed by atoms with Crippen molar-refractivity contribution in [2.45, 2.75) is 13.0 Å². The number of benzene rings is 1. The predicted molar refractivity (Wildman–Crippen MR) is 54.9 cm³/mol. The summed E-state index contributed by atoms with van der Waals surface area (Å²) in [4.78, 5) is 0. The van der Waals surface area contributed by atoms with Crippen LogP contribution in [0.5, 0.6) is 5.75 Å². The Kier molecular flexibility index (Phi) is 4.58. The molecular formula is C11H13FN2O. The highest BCUT2D eigenvalue weighted by Gasteiger charge is 2.02. The maximum Gasteiger partial charge on any atom is 0.165 e. The molecule has 0 aliphatic heterocycles. The summed E-state index contributed by atoms with van der Waals surface area (Å²) in [6, 6.07) is 6.84. The predicted octanol–water partition coefficient (Wildman–Crippen LogP) is 1.84. The molecule has 0 fully saturated rings. The van der Waals surface area contributed by atoms with Crippen LogP contribution in [0.1, 0.15) is 12.0 Å². The van der Waals surface area contributed by atoms with Gasteiger partial charge in [0.25, 0.3) is 0 Å². The lowest BCUT2D eigenvalue weighted by Gasteiger charge is -2.05. The third kappa shape index (κ3) is 3.56. The van der Waals surface area contributed by atoms with Crippen LogP contribution in [0.3, 0.4) is 0 Å². The molecule has 80 valence electrons. The van der Waals surface area contributed by atoms with E-state index in [4.69, 9.17) is 10.00 Å². The number of nitrogens with zero attached hydrogens (tertiary/aromatic N) is 1. The molecule has 1 aromatic rings. The summed E-state index contributed by atoms with van der Waals surface area (Å²) in [5.41, 5.74) is 0.839. The first-order chi connectivity index (χ1) is 7.27. The van der Waals surface area contributed by atoms with Crippen LogP contribution in [0, 0.1) is 17.1 Å². The summed E-state index contributed by atoms with van der Waals surface area (Å²) in [7, 11) is 1.43. The second kappa shape index (κ2) is 5.99. The van der Waals surface area contributed by atoms with Gasteiger partial charge in [-0.1, -0.05) is 6.07 Å². The van der Waals surface area contributed by atoms with Gasteiger partial charge in [0.2, 0.25) is 0 Å². The van der Waals surface area contributed by atoms with Crippen LogP contribution in [0.4, 0.5) is 4.39 Å². The molecule has 0 heterocycles. The Morgan fingerprint density at radius 3 is 2.93 bits per heavy atom. The monoisotopic (exact) mass is 208 g/mol. The van der Waals surface area contributed by atoms with Crippen molar-refractivity contribution in [2.24, 2.45) is 0 Å². The van der Waals surface area contributed by atoms with Gasteiger partial charge in [0.05, 0.1) is 13.2 Å². The highest BCUT2D eigenvalue weighted by atomic mass is 19.1. The van der Waals surface area contributed by atoms with Gasteiger partial charge in [-0.3, -0.25) is 0 Å². The fraction of sp³-hybridized carbons (Fsp3) is 0.364. The van der Waals surface area contributed by atoms with Crippen LogP contribution >= 0.6 is 0 Å². The van der Waals surface area contributed by atoms with Gasteiger partial charge in [-0.2, -0.15) is 5.26 Å². The van der Waals surface area contributed by atoms with Crippen molar-refractivity contribution in [3.63, 3.8) is 0 Å². The number of methoxy groups -OCH3 is 1. The fourth-order valence-electron chi connectivity index (χ4n) is 1.20. The van der Waals surface area contributed by atoms with Crippen molar-refractivity contribution in [2.75, 3.05) is 13.7 Å². The Hall–Kier alpha value is -1.60. The van der Waals surface area contributed by atoms with E-state index in [2.05, 4.69) is 5.32 Å². The quantitative estimate of drug-likeness (QED) is 0.751. The standard InChI is InChI=1S/C11H13FN2O/c1-15-11-4-3-9(7-10(11)12)8-14-6-2-5-13/h3-4,7,14H,2,6,8H2,1H3. The molecule has 4 heteroatoms. The van der Waals surface area contributed by atoms with Gasteiger partial charge in [0, 0.05) is 19.5 Å². The normalized spacial score (nSPS) is 9.67. The van der Waals surface area contributed by atoms with Crippen molar-refractivity contribution >= 4 is 0 Å². The maximum atomic E-state index is 13.2. The zero-order valence-electron chi connectivity index (χ0n) is 8.59. The highest BCUT2D eigenvalue weighted by Crippen LogP contribution is 2.17. The van der Waals surface area contributed by atoms with Gasteiger partial charge < -0.3 is 10.1 Å². The van der Waals surface area contributed by atoms with Crippen LogP contribution in [0.15, 0.2) is 18.2 Å². The smallest absolute Gasteiger partial charge is 0.165 e. The van der Waals surface area contributed by atoms with Gasteiger partial charge in [0.15, 0.2) is 11.6 Å². The summed E-state index contributed by atoms with van der Waals surface area (Å²) in [5.74, 6) is -0.118. The zero-order valence-corrected chi connectivity index (χ0v) is 8.59. The molecular weight excluding hydrogens is 195 g/mol. The summed E-state index contributed by atoms with van der Waals surface area (Å²) < 4.78 is 18.0. The number of ether oxygens (including phenoxy) is 1. The first kappa shape index (κ1) is 11.5. The van der Waals surface area contributed by atoms with E-state index in [0.717, 1.165) is 5.56 Å². The van der Waals surface area contributed by atoms with Crippen molar-refractivity contribution in [1.82, 2.24) is 5.32 Å². The highest BCUT2D eigenvalue weighted by molar-refractivity contribution is 5.29. The molecule has 1 aromatic carbocycles. The molecule has 0 radical (unpaired) electrons. The first-order valence-corrected chi connectivity index (χ1v) is 4.68. The van der Waals surface area contributed by atoms with Crippen LogP contribution in [-0.2, 0) is 6.54 Å². The first-order valence-electron chi connectivity index (χ1n) is 4.68. The molecule has 3 nitrogen and oxygen atoms in total. The minimum Gasteiger partial charge on any atom is -0.494 e. The number of nitriles is 1. The topological polar surface area (TPSA) is 45.0 Å². The molecule has 0 amide bonds. The molecule has 0 saturated carbocycles. The lowest BCUT2D eigenvalue weighted by molar-refractivity contribution is 0.386. The van der Waals surface area contributed by atoms with Crippen LogP contribution in [-0.4, -0.2) is 13.7 Å². The largest absolute Gasteiger partial charge is 0.494 e. The molecule has 0 spiro atoms. The summed E-state index contributed by atoms with van der Waals surface area (Å²) in [5, 5.41) is 11.3. The van der Waals surface area contributed by atoms with E-state index in [1.807, 2.05) is 6.07 Å². The SMILES string of the molecule is COc1ccc(CNCCC#N)cc1F. The van der Waals surface area contributed by atoms with Gasteiger partial charge in [-0.15, -0.1) is 0 Å². The minimum absolute atomic E-state index is 0.246. The van der Waals surface area contributed by atoms with Gasteiger partial charge >= 0.3 is 0 Å². The Bertz CT molecular complexity index is 360. The number of nitrogens with one attached hydrogen (secondary N) is 1. The van der Waals surface area contributed by atoms with Crippen molar-refractivity contribution < 1.29 is 9.13 Å². The van der Waals surface area contributed by atoms with E-state index >= 15 is 0 Å². The average Bonchev–Trinajstić information content (AvgIpc) is 2.25. The van der Waals surface area contributed by atoms with E-state index < -0.39 is 0 Å². The zero-order chi connectivity index (χ0) is 11.1. The second-order valence-corrected chi connectivity index (χ2v) is 3.05. The van der Waals surface area contributed by atoms with E-state index in [9.17, 15) is 4.39 Å². The Labute approximate surface area is 88.5 Å². The molecule has 0 aromatic heterocycles. The maximum absolute atomic E-state index is 13.2. The Morgan fingerprint density at radius 2 is 2.33 bits per heavy atom. The molecule has 0 aliphatic rings. The van der Waals surface area contributed by atoms with Crippen molar-refractivity contribution in [3.05, 3.63) is 29.6 Å². The molecule has 0 atom stereocenters. The van der Waals surface area contributed by atoms with Gasteiger partial charge in [0.1, 0.15) is 0 Å². The van der Waals surface area contributed by atoms with Gasteiger partial charge in [-0.05, 0) is 17.7 Å². The van der Waals surface area contributed by atoms with Crippen LogP contribution in [0.2, 0.25) is 0 Å². The van der Waals surface area contributed by atoms with Crippen LogP contribution in [0.25, 0.3) is 0 Å². The molecule has 15 heavy (non-hydrogen) atoms. The van der Waals surface area contributed by atoms with Crippen molar-refractivity contribution in [3.8, 4) is 11.8 Å².